The van der Waals surface area contributed by atoms with E-state index in [0.29, 0.717) is 6.07 Å². The van der Waals surface area contributed by atoms with E-state index in [9.17, 15) is 27.5 Å². The molecular formula is C15H10F4O3. The Balaban J connectivity index is 2.60. The summed E-state index contributed by atoms with van der Waals surface area (Å²) >= 11 is 0. The number of aliphatic carboxylic acids is 1. The van der Waals surface area contributed by atoms with Gasteiger partial charge in [-0.1, -0.05) is 12.1 Å². The summed E-state index contributed by atoms with van der Waals surface area (Å²) in [7, 11) is 0. The first-order valence-corrected chi connectivity index (χ1v) is 6.07. The Bertz CT molecular complexity index is 693. The average Bonchev–Trinajstić information content (AvgIpc) is 2.45. The summed E-state index contributed by atoms with van der Waals surface area (Å²) in [5.41, 5.74) is -1.19. The fraction of sp³-hybridized carbons (Fsp3) is 0.133. The molecular weight excluding hydrogens is 304 g/mol. The summed E-state index contributed by atoms with van der Waals surface area (Å²) < 4.78 is 51.6. The number of carboxylic acid groups (broad SMARTS) is 1. The lowest BCUT2D eigenvalue weighted by atomic mass is 9.97. The van der Waals surface area contributed by atoms with Gasteiger partial charge in [-0.15, -0.1) is 0 Å². The summed E-state index contributed by atoms with van der Waals surface area (Å²) in [5.74, 6) is -2.22. The molecule has 7 heteroatoms. The molecule has 0 aliphatic rings. The molecule has 0 aliphatic carbocycles. The fourth-order valence-corrected chi connectivity index (χ4v) is 1.92. The van der Waals surface area contributed by atoms with Crippen molar-refractivity contribution in [3.63, 3.8) is 0 Å². The fourth-order valence-electron chi connectivity index (χ4n) is 1.92. The highest BCUT2D eigenvalue weighted by Gasteiger charge is 2.32. The molecule has 22 heavy (non-hydrogen) atoms. The molecule has 0 saturated heterocycles. The maximum Gasteiger partial charge on any atom is 0.416 e. The van der Waals surface area contributed by atoms with Gasteiger partial charge in [-0.25, -0.2) is 9.18 Å². The lowest BCUT2D eigenvalue weighted by Gasteiger charge is -2.14. The van der Waals surface area contributed by atoms with Crippen LogP contribution in [0, 0.1) is 5.82 Å². The molecule has 1 unspecified atom stereocenters. The Labute approximate surface area is 122 Å². The van der Waals surface area contributed by atoms with Gasteiger partial charge in [-0.3, -0.25) is 0 Å². The van der Waals surface area contributed by atoms with Gasteiger partial charge in [0.2, 0.25) is 0 Å². The van der Waals surface area contributed by atoms with Crippen molar-refractivity contribution in [3.8, 4) is 11.1 Å². The minimum Gasteiger partial charge on any atom is -0.479 e. The third-order valence-corrected chi connectivity index (χ3v) is 3.01. The minimum absolute atomic E-state index is 0.0325. The van der Waals surface area contributed by atoms with Crippen LogP contribution in [-0.2, 0) is 11.0 Å². The van der Waals surface area contributed by atoms with E-state index in [2.05, 4.69) is 0 Å². The topological polar surface area (TPSA) is 57.5 Å². The van der Waals surface area contributed by atoms with Crippen LogP contribution < -0.4 is 0 Å². The monoisotopic (exact) mass is 314 g/mol. The maximum absolute atomic E-state index is 12.9. The molecule has 0 amide bonds. The van der Waals surface area contributed by atoms with Gasteiger partial charge in [-0.2, -0.15) is 13.2 Å². The summed E-state index contributed by atoms with van der Waals surface area (Å²) in [5, 5.41) is 18.2. The Kier molecular flexibility index (Phi) is 4.18. The number of benzene rings is 2. The van der Waals surface area contributed by atoms with Crippen LogP contribution in [0.1, 0.15) is 17.2 Å². The second-order valence-electron chi connectivity index (χ2n) is 4.59. The highest BCUT2D eigenvalue weighted by atomic mass is 19.4. The average molecular weight is 314 g/mol. The number of aliphatic hydroxyl groups is 1. The molecule has 116 valence electrons. The van der Waals surface area contributed by atoms with Gasteiger partial charge in [0.1, 0.15) is 5.82 Å². The van der Waals surface area contributed by atoms with Crippen molar-refractivity contribution in [3.05, 3.63) is 59.4 Å². The van der Waals surface area contributed by atoms with E-state index in [4.69, 9.17) is 5.11 Å². The maximum atomic E-state index is 12.9. The van der Waals surface area contributed by atoms with E-state index in [1.807, 2.05) is 0 Å². The zero-order valence-electron chi connectivity index (χ0n) is 10.9. The first-order chi connectivity index (χ1) is 10.2. The molecule has 2 aromatic rings. The SMILES string of the molecule is O=C(O)C(O)c1cc(-c2ccc(F)cc2)cc(C(F)(F)F)c1. The third kappa shape index (κ3) is 3.43. The zero-order chi connectivity index (χ0) is 16.5. The Morgan fingerprint density at radius 1 is 1.00 bits per heavy atom. The van der Waals surface area contributed by atoms with Crippen molar-refractivity contribution >= 4 is 5.97 Å². The standard InChI is InChI=1S/C15H10F4O3/c16-12-3-1-8(2-4-12)9-5-10(13(20)14(21)22)7-11(6-9)15(17,18)19/h1-7,13,20H,(H,21,22). The highest BCUT2D eigenvalue weighted by molar-refractivity contribution is 5.76. The molecule has 0 radical (unpaired) electrons. The quantitative estimate of drug-likeness (QED) is 0.851. The molecule has 0 aromatic heterocycles. The van der Waals surface area contributed by atoms with E-state index in [1.165, 1.54) is 12.1 Å². The summed E-state index contributed by atoms with van der Waals surface area (Å²) in [6.45, 7) is 0. The van der Waals surface area contributed by atoms with E-state index < -0.39 is 35.2 Å². The van der Waals surface area contributed by atoms with Gasteiger partial charge >= 0.3 is 12.1 Å². The number of carbonyl (C=O) groups is 1. The van der Waals surface area contributed by atoms with Gasteiger partial charge in [0.05, 0.1) is 5.56 Å². The van der Waals surface area contributed by atoms with Crippen LogP contribution in [0.3, 0.4) is 0 Å². The Morgan fingerprint density at radius 3 is 2.09 bits per heavy atom. The van der Waals surface area contributed by atoms with Crippen LogP contribution in [0.25, 0.3) is 11.1 Å². The van der Waals surface area contributed by atoms with Crippen molar-refractivity contribution in [2.75, 3.05) is 0 Å². The van der Waals surface area contributed by atoms with Crippen LogP contribution in [0.2, 0.25) is 0 Å². The van der Waals surface area contributed by atoms with Crippen LogP contribution in [0.15, 0.2) is 42.5 Å². The molecule has 3 nitrogen and oxygen atoms in total. The van der Waals surface area contributed by atoms with Gasteiger partial charge in [0.25, 0.3) is 0 Å². The summed E-state index contributed by atoms with van der Waals surface area (Å²) in [4.78, 5) is 10.8. The predicted molar refractivity (Wildman–Crippen MR) is 69.4 cm³/mol. The van der Waals surface area contributed by atoms with Crippen molar-refractivity contribution < 1.29 is 32.6 Å². The van der Waals surface area contributed by atoms with Crippen LogP contribution in [-0.4, -0.2) is 16.2 Å². The minimum atomic E-state index is -4.71. The lowest BCUT2D eigenvalue weighted by molar-refractivity contribution is -0.147. The van der Waals surface area contributed by atoms with Gasteiger partial charge in [-0.05, 0) is 47.0 Å². The number of aliphatic hydroxyl groups excluding tert-OH is 1. The van der Waals surface area contributed by atoms with Crippen LogP contribution in [0.5, 0.6) is 0 Å². The van der Waals surface area contributed by atoms with Crippen molar-refractivity contribution in [1.29, 1.82) is 0 Å². The second-order valence-corrected chi connectivity index (χ2v) is 4.59. The van der Waals surface area contributed by atoms with Gasteiger partial charge < -0.3 is 10.2 Å². The number of alkyl halides is 3. The largest absolute Gasteiger partial charge is 0.479 e. The molecule has 2 rings (SSSR count). The molecule has 0 fully saturated rings. The Morgan fingerprint density at radius 2 is 1.59 bits per heavy atom. The summed E-state index contributed by atoms with van der Waals surface area (Å²) in [6.07, 6.45) is -6.79. The number of hydrogen-bond donors (Lipinski definition) is 2. The van der Waals surface area contributed by atoms with E-state index in [-0.39, 0.29) is 11.1 Å². The first-order valence-electron chi connectivity index (χ1n) is 6.07. The Hall–Kier alpha value is -2.41. The zero-order valence-corrected chi connectivity index (χ0v) is 10.9. The van der Waals surface area contributed by atoms with Gasteiger partial charge in [0.15, 0.2) is 6.10 Å². The van der Waals surface area contributed by atoms with Gasteiger partial charge in [0, 0.05) is 0 Å². The lowest BCUT2D eigenvalue weighted by Crippen LogP contribution is -2.13. The number of rotatable bonds is 3. The molecule has 0 aliphatic heterocycles. The molecule has 2 N–H and O–H groups in total. The van der Waals surface area contributed by atoms with Crippen LogP contribution in [0.4, 0.5) is 17.6 Å². The molecule has 0 bridgehead atoms. The normalized spacial score (nSPS) is 13.0. The first kappa shape index (κ1) is 16.0. The van der Waals surface area contributed by atoms with Crippen LogP contribution >= 0.6 is 0 Å². The van der Waals surface area contributed by atoms with E-state index in [1.54, 1.807) is 0 Å². The summed E-state index contributed by atoms with van der Waals surface area (Å²) in [6, 6.07) is 7.19. The molecule has 1 atom stereocenters. The molecule has 2 aromatic carbocycles. The third-order valence-electron chi connectivity index (χ3n) is 3.01. The number of carboxylic acids is 1. The molecule has 0 spiro atoms. The smallest absolute Gasteiger partial charge is 0.416 e. The molecule has 0 heterocycles. The molecule has 0 saturated carbocycles. The van der Waals surface area contributed by atoms with Crippen molar-refractivity contribution in [2.24, 2.45) is 0 Å². The van der Waals surface area contributed by atoms with Crippen molar-refractivity contribution in [2.45, 2.75) is 12.3 Å². The number of halogens is 4. The van der Waals surface area contributed by atoms with E-state index in [0.717, 1.165) is 24.3 Å². The second kappa shape index (κ2) is 5.76. The highest BCUT2D eigenvalue weighted by Crippen LogP contribution is 2.35. The predicted octanol–water partition coefficient (Wildman–Crippen LogP) is 3.63. The number of hydrogen-bond acceptors (Lipinski definition) is 2. The van der Waals surface area contributed by atoms with E-state index >= 15 is 0 Å². The van der Waals surface area contributed by atoms with Crippen molar-refractivity contribution in [1.82, 2.24) is 0 Å².